The van der Waals surface area contributed by atoms with E-state index >= 15 is 0 Å². The van der Waals surface area contributed by atoms with Gasteiger partial charge in [0.2, 0.25) is 0 Å². The molecule has 0 saturated heterocycles. The fourth-order valence-corrected chi connectivity index (χ4v) is 3.01. The number of hydrogen-bond acceptors (Lipinski definition) is 8. The Morgan fingerprint density at radius 2 is 1.85 bits per heavy atom. The van der Waals surface area contributed by atoms with Gasteiger partial charge in [-0.1, -0.05) is 11.3 Å². The van der Waals surface area contributed by atoms with Crippen molar-refractivity contribution in [2.24, 2.45) is 0 Å². The molecule has 0 aliphatic heterocycles. The molecule has 0 fully saturated rings. The molecule has 1 aromatic carbocycles. The highest BCUT2D eigenvalue weighted by Gasteiger charge is 2.16. The molecule has 2 N–H and O–H groups in total. The lowest BCUT2D eigenvalue weighted by Crippen LogP contribution is -2.37. The van der Waals surface area contributed by atoms with Crippen molar-refractivity contribution >= 4 is 45.7 Å². The summed E-state index contributed by atoms with van der Waals surface area (Å²) in [4.78, 5) is 28.0. The monoisotopic (exact) mass is 395 g/mol. The second-order valence-corrected chi connectivity index (χ2v) is 6.30. The first-order valence-electron chi connectivity index (χ1n) is 7.36. The quantitative estimate of drug-likeness (QED) is 0.567. The summed E-state index contributed by atoms with van der Waals surface area (Å²) < 4.78 is 15.1. The Kier molecular flexibility index (Phi) is 6.87. The lowest BCUT2D eigenvalue weighted by Gasteiger charge is -2.09. The maximum atomic E-state index is 11.9. The number of anilines is 1. The van der Waals surface area contributed by atoms with Crippen LogP contribution in [0.15, 0.2) is 24.3 Å². The van der Waals surface area contributed by atoms with Crippen molar-refractivity contribution in [3.8, 4) is 11.5 Å². The number of benzene rings is 1. The first-order valence-corrected chi connectivity index (χ1v) is 8.59. The summed E-state index contributed by atoms with van der Waals surface area (Å²) in [5.41, 5.74) is 0.515. The fourth-order valence-electron chi connectivity index (χ4n) is 1.84. The van der Waals surface area contributed by atoms with Gasteiger partial charge in [-0.15, -0.1) is 0 Å². The van der Waals surface area contributed by atoms with E-state index in [-0.39, 0.29) is 11.7 Å². The summed E-state index contributed by atoms with van der Waals surface area (Å²) in [5.74, 6) is 0.311. The van der Waals surface area contributed by atoms with E-state index in [2.05, 4.69) is 20.4 Å². The molecule has 1 heterocycles. The number of esters is 1. The van der Waals surface area contributed by atoms with Gasteiger partial charge in [-0.05, 0) is 43.4 Å². The first kappa shape index (κ1) is 19.6. The van der Waals surface area contributed by atoms with Crippen molar-refractivity contribution < 1.29 is 23.8 Å². The van der Waals surface area contributed by atoms with Gasteiger partial charge in [0.25, 0.3) is 5.91 Å². The summed E-state index contributed by atoms with van der Waals surface area (Å²) >= 11 is 6.14. The number of rotatable bonds is 6. The number of nitrogens with one attached hydrogen (secondary N) is 2. The molecular formula is C16H17N3O5S2. The minimum absolute atomic E-state index is 0.0542. The topological polar surface area (TPSA) is 98.8 Å². The molecule has 2 aromatic rings. The number of aromatic nitrogens is 1. The van der Waals surface area contributed by atoms with E-state index in [1.807, 2.05) is 0 Å². The van der Waals surface area contributed by atoms with Gasteiger partial charge in [0.05, 0.1) is 19.9 Å². The number of amides is 1. The maximum Gasteiger partial charge on any atom is 0.350 e. The van der Waals surface area contributed by atoms with E-state index in [1.54, 1.807) is 38.3 Å². The number of carbonyl (C=O) groups is 2. The zero-order valence-corrected chi connectivity index (χ0v) is 16.0. The Labute approximate surface area is 159 Å². The molecule has 1 aromatic heterocycles. The number of thiazole rings is 1. The SMILES string of the molecule is COC(=O)c1sc(NC(=S)NC(=O)COc2ccc(OC)cc2)nc1C. The Morgan fingerprint density at radius 1 is 1.19 bits per heavy atom. The molecule has 0 saturated carbocycles. The maximum absolute atomic E-state index is 11.9. The Bertz CT molecular complexity index is 805. The molecule has 26 heavy (non-hydrogen) atoms. The van der Waals surface area contributed by atoms with Gasteiger partial charge in [-0.25, -0.2) is 9.78 Å². The molecule has 0 bridgehead atoms. The predicted molar refractivity (Wildman–Crippen MR) is 101 cm³/mol. The van der Waals surface area contributed by atoms with Crippen molar-refractivity contribution in [2.75, 3.05) is 26.1 Å². The zero-order chi connectivity index (χ0) is 19.1. The van der Waals surface area contributed by atoms with Crippen molar-refractivity contribution in [2.45, 2.75) is 6.92 Å². The van der Waals surface area contributed by atoms with Crippen LogP contribution in [0, 0.1) is 6.92 Å². The lowest BCUT2D eigenvalue weighted by molar-refractivity contribution is -0.121. The third-order valence-corrected chi connectivity index (χ3v) is 4.33. The predicted octanol–water partition coefficient (Wildman–Crippen LogP) is 2.14. The van der Waals surface area contributed by atoms with E-state index in [0.717, 1.165) is 11.3 Å². The number of aryl methyl sites for hydroxylation is 1. The normalized spacial score (nSPS) is 9.96. The molecule has 0 radical (unpaired) electrons. The molecule has 10 heteroatoms. The molecule has 0 spiro atoms. The van der Waals surface area contributed by atoms with Crippen LogP contribution in [-0.2, 0) is 9.53 Å². The lowest BCUT2D eigenvalue weighted by atomic mass is 10.3. The average molecular weight is 395 g/mol. The second-order valence-electron chi connectivity index (χ2n) is 4.89. The summed E-state index contributed by atoms with van der Waals surface area (Å²) in [6, 6.07) is 6.83. The van der Waals surface area contributed by atoms with Crippen LogP contribution in [0.3, 0.4) is 0 Å². The molecule has 2 rings (SSSR count). The highest BCUT2D eigenvalue weighted by atomic mass is 32.1. The van der Waals surface area contributed by atoms with E-state index in [1.165, 1.54) is 7.11 Å². The molecular weight excluding hydrogens is 378 g/mol. The summed E-state index contributed by atoms with van der Waals surface area (Å²) in [6.07, 6.45) is 0. The van der Waals surface area contributed by atoms with Gasteiger partial charge in [-0.2, -0.15) is 0 Å². The van der Waals surface area contributed by atoms with E-state index < -0.39 is 11.9 Å². The van der Waals surface area contributed by atoms with E-state index in [0.29, 0.717) is 27.2 Å². The smallest absolute Gasteiger partial charge is 0.350 e. The summed E-state index contributed by atoms with van der Waals surface area (Å²) in [7, 11) is 2.86. The average Bonchev–Trinajstić information content (AvgIpc) is 2.99. The first-order chi connectivity index (χ1) is 12.4. The summed E-state index contributed by atoms with van der Waals surface area (Å²) in [5, 5.41) is 5.66. The van der Waals surface area contributed by atoms with Gasteiger partial charge in [0.1, 0.15) is 16.4 Å². The number of carbonyl (C=O) groups excluding carboxylic acids is 2. The molecule has 138 valence electrons. The van der Waals surface area contributed by atoms with Crippen LogP contribution in [0.1, 0.15) is 15.4 Å². The van der Waals surface area contributed by atoms with Crippen LogP contribution < -0.4 is 20.1 Å². The molecule has 0 atom stereocenters. The van der Waals surface area contributed by atoms with Crippen LogP contribution in [-0.4, -0.2) is 42.8 Å². The van der Waals surface area contributed by atoms with E-state index in [4.69, 9.17) is 21.7 Å². The van der Waals surface area contributed by atoms with Crippen molar-refractivity contribution in [1.82, 2.24) is 10.3 Å². The number of thiocarbonyl (C=S) groups is 1. The number of methoxy groups -OCH3 is 2. The number of hydrogen-bond donors (Lipinski definition) is 2. The van der Waals surface area contributed by atoms with Crippen molar-refractivity contribution in [3.63, 3.8) is 0 Å². The number of nitrogens with zero attached hydrogens (tertiary/aromatic N) is 1. The van der Waals surface area contributed by atoms with Gasteiger partial charge in [-0.3, -0.25) is 10.1 Å². The molecule has 8 nitrogen and oxygen atoms in total. The van der Waals surface area contributed by atoms with E-state index in [9.17, 15) is 9.59 Å². The highest BCUT2D eigenvalue weighted by Crippen LogP contribution is 2.23. The third-order valence-electron chi connectivity index (χ3n) is 3.07. The van der Waals surface area contributed by atoms with Gasteiger partial charge >= 0.3 is 5.97 Å². The van der Waals surface area contributed by atoms with Crippen LogP contribution >= 0.6 is 23.6 Å². The Balaban J connectivity index is 1.83. The second kappa shape index (κ2) is 9.11. The van der Waals surface area contributed by atoms with Crippen LogP contribution in [0.5, 0.6) is 11.5 Å². The molecule has 0 aliphatic carbocycles. The Morgan fingerprint density at radius 3 is 2.46 bits per heavy atom. The van der Waals surface area contributed by atoms with Gasteiger partial charge in [0, 0.05) is 0 Å². The van der Waals surface area contributed by atoms with Gasteiger partial charge < -0.3 is 19.5 Å². The molecule has 0 unspecified atom stereocenters. The standard InChI is InChI=1S/C16H17N3O5S2/c1-9-13(14(21)23-3)26-16(17-9)19-15(25)18-12(20)8-24-11-6-4-10(22-2)5-7-11/h4-7H,8H2,1-3H3,(H2,17,18,19,20,25). The minimum Gasteiger partial charge on any atom is -0.497 e. The largest absolute Gasteiger partial charge is 0.497 e. The van der Waals surface area contributed by atoms with Crippen LogP contribution in [0.2, 0.25) is 0 Å². The van der Waals surface area contributed by atoms with Crippen molar-refractivity contribution in [3.05, 3.63) is 34.8 Å². The van der Waals surface area contributed by atoms with Crippen molar-refractivity contribution in [1.29, 1.82) is 0 Å². The summed E-state index contributed by atoms with van der Waals surface area (Å²) in [6.45, 7) is 1.47. The van der Waals surface area contributed by atoms with Gasteiger partial charge in [0.15, 0.2) is 16.9 Å². The number of ether oxygens (including phenoxy) is 3. The third kappa shape index (κ3) is 5.39. The molecule has 1 amide bonds. The van der Waals surface area contributed by atoms with Crippen LogP contribution in [0.4, 0.5) is 5.13 Å². The Hall–Kier alpha value is -2.72. The van der Waals surface area contributed by atoms with Crippen LogP contribution in [0.25, 0.3) is 0 Å². The minimum atomic E-state index is -0.476. The zero-order valence-electron chi connectivity index (χ0n) is 14.3. The molecule has 0 aliphatic rings. The highest BCUT2D eigenvalue weighted by molar-refractivity contribution is 7.80. The fraction of sp³-hybridized carbons (Fsp3) is 0.250.